The number of aliphatic hydroxyl groups excluding tert-OH is 1. The van der Waals surface area contributed by atoms with Crippen LogP contribution in [-0.2, 0) is 9.47 Å². The van der Waals surface area contributed by atoms with E-state index in [4.69, 9.17) is 18.6 Å². The van der Waals surface area contributed by atoms with E-state index in [1.165, 1.54) is 0 Å². The summed E-state index contributed by atoms with van der Waals surface area (Å²) in [5.74, 6) is 0.841. The van der Waals surface area contributed by atoms with E-state index in [2.05, 4.69) is 39.9 Å². The molecule has 0 saturated carbocycles. The lowest BCUT2D eigenvalue weighted by molar-refractivity contribution is -0.162. The van der Waals surface area contributed by atoms with E-state index in [0.717, 1.165) is 24.0 Å². The average molecular weight is 407 g/mol. The highest BCUT2D eigenvalue weighted by Crippen LogP contribution is 2.46. The van der Waals surface area contributed by atoms with Crippen LogP contribution < -0.4 is 9.16 Å². The Morgan fingerprint density at radius 2 is 1.86 bits per heavy atom. The Balaban J connectivity index is 1.90. The highest BCUT2D eigenvalue weighted by atomic mass is 28.4. The minimum absolute atomic E-state index is 0.0454. The minimum atomic E-state index is -2.10. The van der Waals surface area contributed by atoms with Crippen LogP contribution in [0.4, 0.5) is 0 Å². The third-order valence-electron chi connectivity index (χ3n) is 6.32. The van der Waals surface area contributed by atoms with E-state index < -0.39 is 20.2 Å². The number of rotatable bonds is 5. The second-order valence-electron chi connectivity index (χ2n) is 9.23. The smallest absolute Gasteiger partial charge is 0.250 e. The molecule has 0 amide bonds. The molecule has 5 nitrogen and oxygen atoms in total. The summed E-state index contributed by atoms with van der Waals surface area (Å²) in [6.07, 6.45) is 3.50. The van der Waals surface area contributed by atoms with Crippen LogP contribution in [-0.4, -0.2) is 39.5 Å². The van der Waals surface area contributed by atoms with Crippen LogP contribution in [0.1, 0.15) is 51.7 Å². The van der Waals surface area contributed by atoms with Crippen LogP contribution in [0.15, 0.2) is 29.8 Å². The number of para-hydroxylation sites is 1. The van der Waals surface area contributed by atoms with Gasteiger partial charge in [0, 0.05) is 18.4 Å². The summed E-state index contributed by atoms with van der Waals surface area (Å²) in [4.78, 5) is 0. The van der Waals surface area contributed by atoms with Crippen LogP contribution in [0.5, 0.6) is 11.5 Å². The zero-order valence-electron chi connectivity index (χ0n) is 18.0. The van der Waals surface area contributed by atoms with Crippen molar-refractivity contribution in [2.45, 2.75) is 70.1 Å². The molecule has 1 unspecified atom stereocenters. The summed E-state index contributed by atoms with van der Waals surface area (Å²) in [6.45, 7) is 12.3. The Labute approximate surface area is 169 Å². The van der Waals surface area contributed by atoms with Crippen LogP contribution in [0.2, 0.25) is 18.1 Å². The first-order valence-electron chi connectivity index (χ1n) is 10.1. The van der Waals surface area contributed by atoms with Gasteiger partial charge in [-0.1, -0.05) is 39.0 Å². The molecule has 1 aromatic rings. The highest BCUT2D eigenvalue weighted by Gasteiger charge is 2.41. The predicted molar refractivity (Wildman–Crippen MR) is 112 cm³/mol. The first-order chi connectivity index (χ1) is 13.1. The lowest BCUT2D eigenvalue weighted by atomic mass is 9.88. The van der Waals surface area contributed by atoms with Gasteiger partial charge in [0.05, 0.1) is 20.3 Å². The van der Waals surface area contributed by atoms with Crippen molar-refractivity contribution in [2.24, 2.45) is 0 Å². The molecule has 1 atom stereocenters. The second-order valence-corrected chi connectivity index (χ2v) is 14.0. The minimum Gasteiger partial charge on any atom is -0.541 e. The van der Waals surface area contributed by atoms with Gasteiger partial charge in [-0.05, 0) is 36.2 Å². The number of aliphatic hydroxyl groups is 1. The van der Waals surface area contributed by atoms with Crippen LogP contribution in [0.3, 0.4) is 0 Å². The van der Waals surface area contributed by atoms with E-state index in [1.807, 2.05) is 18.2 Å². The van der Waals surface area contributed by atoms with E-state index in [0.29, 0.717) is 31.1 Å². The molecule has 1 saturated heterocycles. The van der Waals surface area contributed by atoms with Crippen molar-refractivity contribution >= 4 is 8.32 Å². The van der Waals surface area contributed by atoms with Crippen LogP contribution in [0.25, 0.3) is 0 Å². The lowest BCUT2D eigenvalue weighted by Crippen LogP contribution is -2.44. The Morgan fingerprint density at radius 1 is 1.18 bits per heavy atom. The molecule has 1 aromatic carbocycles. The Bertz CT molecular complexity index is 729. The monoisotopic (exact) mass is 406 g/mol. The van der Waals surface area contributed by atoms with Gasteiger partial charge in [0.2, 0.25) is 0 Å². The zero-order valence-corrected chi connectivity index (χ0v) is 19.0. The predicted octanol–water partition coefficient (Wildman–Crippen LogP) is 4.97. The first-order valence-corrected chi connectivity index (χ1v) is 13.0. The SMILES string of the molecule is COc1cccc(C(O)C2=CCC3(CC2)OCCO3)c1O[Si](C)(C)C(C)(C)C. The molecule has 0 aromatic heterocycles. The van der Waals surface area contributed by atoms with E-state index >= 15 is 0 Å². The Kier molecular flexibility index (Phi) is 5.97. The molecule has 0 bridgehead atoms. The van der Waals surface area contributed by atoms with Crippen molar-refractivity contribution in [3.8, 4) is 11.5 Å². The molecule has 2 aliphatic rings. The molecule has 3 rings (SSSR count). The maximum atomic E-state index is 11.2. The molecule has 1 spiro atoms. The van der Waals surface area contributed by atoms with Gasteiger partial charge in [0.15, 0.2) is 17.3 Å². The summed E-state index contributed by atoms with van der Waals surface area (Å²) >= 11 is 0. The van der Waals surface area contributed by atoms with Crippen LogP contribution >= 0.6 is 0 Å². The number of hydrogen-bond acceptors (Lipinski definition) is 5. The summed E-state index contributed by atoms with van der Waals surface area (Å²) in [6, 6.07) is 5.73. The third kappa shape index (κ3) is 4.15. The van der Waals surface area contributed by atoms with Gasteiger partial charge in [-0.15, -0.1) is 0 Å². The Hall–Kier alpha value is -1.34. The molecule has 1 heterocycles. The summed E-state index contributed by atoms with van der Waals surface area (Å²) in [7, 11) is -0.456. The fraction of sp³-hybridized carbons (Fsp3) is 0.636. The molecule has 156 valence electrons. The van der Waals surface area contributed by atoms with Crippen molar-refractivity contribution in [3.05, 3.63) is 35.4 Å². The maximum Gasteiger partial charge on any atom is 0.250 e. The number of benzene rings is 1. The van der Waals surface area contributed by atoms with Crippen molar-refractivity contribution in [2.75, 3.05) is 20.3 Å². The fourth-order valence-electron chi connectivity index (χ4n) is 3.46. The van der Waals surface area contributed by atoms with Gasteiger partial charge in [0.25, 0.3) is 8.32 Å². The van der Waals surface area contributed by atoms with Gasteiger partial charge in [0.1, 0.15) is 6.10 Å². The molecule has 1 N–H and O–H groups in total. The average Bonchev–Trinajstić information content (AvgIpc) is 3.09. The highest BCUT2D eigenvalue weighted by molar-refractivity contribution is 6.74. The summed E-state index contributed by atoms with van der Waals surface area (Å²) in [5, 5.41) is 11.3. The maximum absolute atomic E-state index is 11.2. The molecule has 0 radical (unpaired) electrons. The summed E-state index contributed by atoms with van der Waals surface area (Å²) in [5.41, 5.74) is 1.75. The molecule has 1 fully saturated rings. The third-order valence-corrected chi connectivity index (χ3v) is 10.6. The van der Waals surface area contributed by atoms with Crippen molar-refractivity contribution < 1.29 is 23.7 Å². The first kappa shape index (κ1) is 21.4. The van der Waals surface area contributed by atoms with Gasteiger partial charge >= 0.3 is 0 Å². The quantitative estimate of drug-likeness (QED) is 0.553. The number of ether oxygens (including phenoxy) is 3. The molecular formula is C22H34O5Si. The number of hydrogen-bond donors (Lipinski definition) is 1. The standard InChI is InChI=1S/C22H34O5Si/c1-21(2,3)28(5,6)27-20-17(8-7-9-18(20)24-4)19(23)16-10-12-22(13-11-16)25-14-15-26-22/h7-10,19,23H,11-15H2,1-6H3. The van der Waals surface area contributed by atoms with Crippen LogP contribution in [0, 0.1) is 0 Å². The topological polar surface area (TPSA) is 57.2 Å². The van der Waals surface area contributed by atoms with Gasteiger partial charge in [-0.2, -0.15) is 0 Å². The summed E-state index contributed by atoms with van der Waals surface area (Å²) < 4.78 is 23.8. The van der Waals surface area contributed by atoms with Gasteiger partial charge < -0.3 is 23.7 Å². The van der Waals surface area contributed by atoms with E-state index in [1.54, 1.807) is 7.11 Å². The second kappa shape index (κ2) is 7.82. The lowest BCUT2D eigenvalue weighted by Gasteiger charge is -2.38. The van der Waals surface area contributed by atoms with Gasteiger partial charge in [-0.25, -0.2) is 0 Å². The normalized spacial score (nSPS) is 20.8. The Morgan fingerprint density at radius 3 is 2.39 bits per heavy atom. The molecule has 1 aliphatic heterocycles. The number of methoxy groups -OCH3 is 1. The largest absolute Gasteiger partial charge is 0.541 e. The van der Waals surface area contributed by atoms with Crippen molar-refractivity contribution in [3.63, 3.8) is 0 Å². The molecular weight excluding hydrogens is 372 g/mol. The zero-order chi connectivity index (χ0) is 20.6. The molecule has 1 aliphatic carbocycles. The van der Waals surface area contributed by atoms with E-state index in [-0.39, 0.29) is 5.04 Å². The van der Waals surface area contributed by atoms with E-state index in [9.17, 15) is 5.11 Å². The van der Waals surface area contributed by atoms with Gasteiger partial charge in [-0.3, -0.25) is 0 Å². The fourth-order valence-corrected chi connectivity index (χ4v) is 4.49. The molecule has 28 heavy (non-hydrogen) atoms. The van der Waals surface area contributed by atoms with Crippen molar-refractivity contribution in [1.82, 2.24) is 0 Å². The van der Waals surface area contributed by atoms with Crippen molar-refractivity contribution in [1.29, 1.82) is 0 Å². The molecule has 6 heteroatoms.